The number of carbonyl (C=O) groups excluding carboxylic acids is 2. The van der Waals surface area contributed by atoms with Gasteiger partial charge in [-0.25, -0.2) is 0 Å². The molecular formula is C30H57NO4. The number of cyclic esters (lactones) is 2. The lowest BCUT2D eigenvalue weighted by atomic mass is 10.0. The van der Waals surface area contributed by atoms with E-state index in [0.717, 1.165) is 12.8 Å². The van der Waals surface area contributed by atoms with Crippen LogP contribution in [0.3, 0.4) is 0 Å². The molecule has 1 N–H and O–H groups in total. The van der Waals surface area contributed by atoms with Crippen molar-refractivity contribution >= 4 is 11.9 Å². The fraction of sp³-hybridized carbons (Fsp3) is 0.933. The molecule has 35 heavy (non-hydrogen) atoms. The van der Waals surface area contributed by atoms with Gasteiger partial charge in [-0.1, -0.05) is 129 Å². The van der Waals surface area contributed by atoms with Gasteiger partial charge < -0.3 is 14.8 Å². The smallest absolute Gasteiger partial charge is 0.310 e. The Labute approximate surface area is 216 Å². The molecule has 0 spiro atoms. The largest absolute Gasteiger partial charge is 0.423 e. The van der Waals surface area contributed by atoms with Gasteiger partial charge >= 0.3 is 11.9 Å². The lowest BCUT2D eigenvalue weighted by Crippen LogP contribution is -2.39. The number of ether oxygens (including phenoxy) is 2. The van der Waals surface area contributed by atoms with Gasteiger partial charge in [0.15, 0.2) is 0 Å². The van der Waals surface area contributed by atoms with Crippen LogP contribution in [0.2, 0.25) is 0 Å². The Balaban J connectivity index is 1.89. The number of hydrogen-bond acceptors (Lipinski definition) is 5. The summed E-state index contributed by atoms with van der Waals surface area (Å²) in [5.41, 5.74) is 0. The molecule has 0 atom stereocenters. The highest BCUT2D eigenvalue weighted by Gasteiger charge is 2.33. The molecule has 0 radical (unpaired) electrons. The minimum atomic E-state index is -1.11. The summed E-state index contributed by atoms with van der Waals surface area (Å²) in [6, 6.07) is 0. The molecule has 0 aromatic rings. The van der Waals surface area contributed by atoms with Gasteiger partial charge in [0, 0.05) is 26.4 Å². The Morgan fingerprint density at radius 3 is 1.23 bits per heavy atom. The van der Waals surface area contributed by atoms with Crippen molar-refractivity contribution in [3.63, 3.8) is 0 Å². The van der Waals surface area contributed by atoms with E-state index >= 15 is 0 Å². The van der Waals surface area contributed by atoms with Crippen LogP contribution in [-0.2, 0) is 19.1 Å². The summed E-state index contributed by atoms with van der Waals surface area (Å²) in [4.78, 5) is 24.0. The number of rotatable bonds is 21. The molecular weight excluding hydrogens is 438 g/mol. The van der Waals surface area contributed by atoms with Crippen molar-refractivity contribution in [1.29, 1.82) is 0 Å². The highest BCUT2D eigenvalue weighted by molar-refractivity contribution is 5.72. The van der Waals surface area contributed by atoms with Crippen LogP contribution in [0.1, 0.15) is 162 Å². The lowest BCUT2D eigenvalue weighted by molar-refractivity contribution is -0.225. The SMILES string of the molecule is CCCCCCCCCCCCCCCCCCCCCCC1(C)OC(=O)CCNCCC(=O)O1. The Hall–Kier alpha value is -1.10. The van der Waals surface area contributed by atoms with Gasteiger partial charge in [-0.15, -0.1) is 0 Å². The van der Waals surface area contributed by atoms with Crippen molar-refractivity contribution in [3.8, 4) is 0 Å². The molecule has 0 saturated carbocycles. The second-order valence-corrected chi connectivity index (χ2v) is 10.8. The number of carbonyl (C=O) groups is 2. The molecule has 0 aliphatic carbocycles. The molecule has 0 bridgehead atoms. The Morgan fingerprint density at radius 2 is 0.886 bits per heavy atom. The minimum absolute atomic E-state index is 0.303. The fourth-order valence-electron chi connectivity index (χ4n) is 4.91. The maximum Gasteiger partial charge on any atom is 0.310 e. The molecule has 1 saturated heterocycles. The second kappa shape index (κ2) is 22.1. The van der Waals surface area contributed by atoms with Crippen LogP contribution >= 0.6 is 0 Å². The summed E-state index contributed by atoms with van der Waals surface area (Å²) in [6.07, 6.45) is 28.2. The van der Waals surface area contributed by atoms with Crippen LogP contribution in [-0.4, -0.2) is 30.8 Å². The predicted octanol–water partition coefficient (Wildman–Crippen LogP) is 8.38. The first-order chi connectivity index (χ1) is 17.1. The van der Waals surface area contributed by atoms with E-state index in [2.05, 4.69) is 12.2 Å². The van der Waals surface area contributed by atoms with Crippen LogP contribution in [0.4, 0.5) is 0 Å². The number of unbranched alkanes of at least 4 members (excludes halogenated alkanes) is 19. The molecule has 1 heterocycles. The zero-order chi connectivity index (χ0) is 25.5. The van der Waals surface area contributed by atoms with Crippen molar-refractivity contribution in [2.75, 3.05) is 13.1 Å². The van der Waals surface area contributed by atoms with Gasteiger partial charge in [0.1, 0.15) is 0 Å². The third kappa shape index (κ3) is 19.7. The van der Waals surface area contributed by atoms with Gasteiger partial charge in [-0.3, -0.25) is 9.59 Å². The molecule has 206 valence electrons. The maximum absolute atomic E-state index is 12.0. The first-order valence-corrected chi connectivity index (χ1v) is 15.2. The van der Waals surface area contributed by atoms with Gasteiger partial charge in [-0.2, -0.15) is 0 Å². The summed E-state index contributed by atoms with van der Waals surface area (Å²) in [5, 5.41) is 3.05. The molecule has 0 aromatic heterocycles. The van der Waals surface area contributed by atoms with Crippen LogP contribution in [0.5, 0.6) is 0 Å². The van der Waals surface area contributed by atoms with E-state index in [4.69, 9.17) is 9.47 Å². The van der Waals surface area contributed by atoms with Gasteiger partial charge in [0.2, 0.25) is 0 Å². The van der Waals surface area contributed by atoms with Crippen molar-refractivity contribution in [2.45, 2.75) is 167 Å². The molecule has 0 amide bonds. The van der Waals surface area contributed by atoms with Gasteiger partial charge in [0.25, 0.3) is 5.79 Å². The van der Waals surface area contributed by atoms with E-state index in [-0.39, 0.29) is 11.9 Å². The minimum Gasteiger partial charge on any atom is -0.423 e. The zero-order valence-electron chi connectivity index (χ0n) is 23.3. The molecule has 0 aromatic carbocycles. The van der Waals surface area contributed by atoms with Gasteiger partial charge in [0.05, 0.1) is 12.8 Å². The van der Waals surface area contributed by atoms with Crippen molar-refractivity contribution in [2.24, 2.45) is 0 Å². The number of hydrogen-bond donors (Lipinski definition) is 1. The van der Waals surface area contributed by atoms with Crippen molar-refractivity contribution < 1.29 is 19.1 Å². The van der Waals surface area contributed by atoms with Crippen LogP contribution in [0.15, 0.2) is 0 Å². The number of esters is 2. The maximum atomic E-state index is 12.0. The summed E-state index contributed by atoms with van der Waals surface area (Å²) in [5.74, 6) is -1.72. The molecule has 1 fully saturated rings. The van der Waals surface area contributed by atoms with Crippen molar-refractivity contribution in [3.05, 3.63) is 0 Å². The monoisotopic (exact) mass is 495 g/mol. The van der Waals surface area contributed by atoms with E-state index in [9.17, 15) is 9.59 Å². The average molecular weight is 496 g/mol. The highest BCUT2D eigenvalue weighted by atomic mass is 16.7. The highest BCUT2D eigenvalue weighted by Crippen LogP contribution is 2.24. The first kappa shape index (κ1) is 31.9. The van der Waals surface area contributed by atoms with E-state index in [1.807, 2.05) is 0 Å². The number of nitrogens with one attached hydrogen (secondary N) is 1. The normalized spacial score (nSPS) is 16.6. The summed E-state index contributed by atoms with van der Waals surface area (Å²) in [6.45, 7) is 5.10. The average Bonchev–Trinajstić information content (AvgIpc) is 2.82. The molecule has 1 rings (SSSR count). The Kier molecular flexibility index (Phi) is 20.2. The summed E-state index contributed by atoms with van der Waals surface area (Å²) < 4.78 is 11.0. The topological polar surface area (TPSA) is 64.6 Å². The van der Waals surface area contributed by atoms with Gasteiger partial charge in [-0.05, 0) is 6.42 Å². The lowest BCUT2D eigenvalue weighted by Gasteiger charge is -2.30. The van der Waals surface area contributed by atoms with E-state index in [1.165, 1.54) is 116 Å². The van der Waals surface area contributed by atoms with Crippen LogP contribution < -0.4 is 5.32 Å². The Morgan fingerprint density at radius 1 is 0.571 bits per heavy atom. The van der Waals surface area contributed by atoms with E-state index in [1.54, 1.807) is 6.92 Å². The summed E-state index contributed by atoms with van der Waals surface area (Å²) in [7, 11) is 0. The quantitative estimate of drug-likeness (QED) is 0.128. The first-order valence-electron chi connectivity index (χ1n) is 15.2. The molecule has 0 unspecified atom stereocenters. The zero-order valence-corrected chi connectivity index (χ0v) is 23.3. The van der Waals surface area contributed by atoms with E-state index in [0.29, 0.717) is 32.4 Å². The third-order valence-corrected chi connectivity index (χ3v) is 7.16. The molecule has 1 aliphatic heterocycles. The van der Waals surface area contributed by atoms with Crippen molar-refractivity contribution in [1.82, 2.24) is 5.32 Å². The molecule has 5 heteroatoms. The third-order valence-electron chi connectivity index (χ3n) is 7.16. The predicted molar refractivity (Wildman–Crippen MR) is 145 cm³/mol. The van der Waals surface area contributed by atoms with Crippen LogP contribution in [0.25, 0.3) is 0 Å². The molecule has 1 aliphatic rings. The molecule has 5 nitrogen and oxygen atoms in total. The second-order valence-electron chi connectivity index (χ2n) is 10.8. The summed E-state index contributed by atoms with van der Waals surface area (Å²) >= 11 is 0. The standard InChI is InChI=1S/C30H57NO4/c1-3-4-5-6-7-8-9-10-11-12-13-14-15-16-17-18-19-20-21-22-25-30(2)34-28(32)23-26-31-27-24-29(33)35-30/h31H,3-27H2,1-2H3. The van der Waals surface area contributed by atoms with E-state index < -0.39 is 5.79 Å². The van der Waals surface area contributed by atoms with Crippen LogP contribution in [0, 0.1) is 0 Å². The Bertz CT molecular complexity index is 502. The fourth-order valence-corrected chi connectivity index (χ4v) is 4.91.